The molecule has 156 valence electrons. The summed E-state index contributed by atoms with van der Waals surface area (Å²) < 4.78 is 18.6. The molecule has 2 heterocycles. The molecule has 0 aliphatic rings. The van der Waals surface area contributed by atoms with Gasteiger partial charge in [0.25, 0.3) is 0 Å². The zero-order chi connectivity index (χ0) is 21.5. The first kappa shape index (κ1) is 19.1. The van der Waals surface area contributed by atoms with Crippen LogP contribution in [0.2, 0.25) is 0 Å². The highest BCUT2D eigenvalue weighted by Crippen LogP contribution is 2.42. The van der Waals surface area contributed by atoms with Crippen molar-refractivity contribution in [3.05, 3.63) is 60.8 Å². The number of rotatable bonds is 5. The molecule has 0 radical (unpaired) electrons. The van der Waals surface area contributed by atoms with E-state index < -0.39 is 0 Å². The predicted molar refractivity (Wildman–Crippen MR) is 123 cm³/mol. The smallest absolute Gasteiger partial charge is 0.203 e. The predicted octanol–water partition coefficient (Wildman–Crippen LogP) is 5.41. The Kier molecular flexibility index (Phi) is 4.55. The van der Waals surface area contributed by atoms with Crippen LogP contribution >= 0.6 is 0 Å². The summed E-state index contributed by atoms with van der Waals surface area (Å²) in [6.07, 6.45) is 2.07. The molecule has 6 nitrogen and oxygen atoms in total. The van der Waals surface area contributed by atoms with Gasteiger partial charge in [0, 0.05) is 35.3 Å². The SMILES string of the molecule is COc1cc(-c2cccc3[nH]c(-c4ccc5c(ccn5C)c4)nc23)cc(OC)c1OC. The van der Waals surface area contributed by atoms with E-state index in [0.717, 1.165) is 33.5 Å². The Morgan fingerprint density at radius 2 is 1.61 bits per heavy atom. The van der Waals surface area contributed by atoms with E-state index in [9.17, 15) is 0 Å². The number of imidazole rings is 1. The summed E-state index contributed by atoms with van der Waals surface area (Å²) in [4.78, 5) is 8.42. The Hall–Kier alpha value is -3.93. The Morgan fingerprint density at radius 3 is 2.32 bits per heavy atom. The van der Waals surface area contributed by atoms with Crippen LogP contribution in [0.5, 0.6) is 17.2 Å². The average Bonchev–Trinajstić information content (AvgIpc) is 3.41. The van der Waals surface area contributed by atoms with Crippen LogP contribution in [0.1, 0.15) is 0 Å². The fourth-order valence-corrected chi connectivity index (χ4v) is 4.07. The van der Waals surface area contributed by atoms with E-state index in [4.69, 9.17) is 19.2 Å². The van der Waals surface area contributed by atoms with E-state index >= 15 is 0 Å². The van der Waals surface area contributed by atoms with Gasteiger partial charge in [0.1, 0.15) is 5.82 Å². The molecule has 5 aromatic rings. The van der Waals surface area contributed by atoms with Gasteiger partial charge in [0.2, 0.25) is 5.75 Å². The second kappa shape index (κ2) is 7.40. The topological polar surface area (TPSA) is 61.3 Å². The van der Waals surface area contributed by atoms with Gasteiger partial charge in [-0.1, -0.05) is 12.1 Å². The first-order valence-electron chi connectivity index (χ1n) is 9.97. The van der Waals surface area contributed by atoms with E-state index in [0.29, 0.717) is 17.2 Å². The number of hydrogen-bond donors (Lipinski definition) is 1. The summed E-state index contributed by atoms with van der Waals surface area (Å²) in [6.45, 7) is 0. The summed E-state index contributed by atoms with van der Waals surface area (Å²) >= 11 is 0. The van der Waals surface area contributed by atoms with Crippen LogP contribution < -0.4 is 14.2 Å². The van der Waals surface area contributed by atoms with Crippen LogP contribution in [0.4, 0.5) is 0 Å². The lowest BCUT2D eigenvalue weighted by atomic mass is 10.0. The molecular formula is C25H23N3O3. The highest BCUT2D eigenvalue weighted by molar-refractivity contribution is 5.95. The van der Waals surface area contributed by atoms with E-state index in [1.54, 1.807) is 21.3 Å². The van der Waals surface area contributed by atoms with Gasteiger partial charge in [-0.25, -0.2) is 4.98 Å². The van der Waals surface area contributed by atoms with E-state index in [2.05, 4.69) is 40.0 Å². The van der Waals surface area contributed by atoms with Crippen molar-refractivity contribution in [2.75, 3.05) is 21.3 Å². The van der Waals surface area contributed by atoms with Gasteiger partial charge in [-0.05, 0) is 48.0 Å². The second-order valence-electron chi connectivity index (χ2n) is 7.40. The number of benzene rings is 3. The standard InChI is InChI=1S/C25H23N3O3/c1-28-11-10-15-12-16(8-9-20(15)28)25-26-19-7-5-6-18(23(19)27-25)17-13-21(29-2)24(31-4)22(14-17)30-3/h5-14H,1-4H3,(H,26,27). The van der Waals surface area contributed by atoms with Crippen LogP contribution in [0.25, 0.3) is 44.5 Å². The summed E-state index contributed by atoms with van der Waals surface area (Å²) in [6, 6.07) is 18.5. The maximum Gasteiger partial charge on any atom is 0.203 e. The fourth-order valence-electron chi connectivity index (χ4n) is 4.07. The maximum atomic E-state index is 5.54. The van der Waals surface area contributed by atoms with Gasteiger partial charge in [0.15, 0.2) is 11.5 Å². The van der Waals surface area contributed by atoms with Crippen molar-refractivity contribution in [2.24, 2.45) is 7.05 Å². The quantitative estimate of drug-likeness (QED) is 0.418. The molecular weight excluding hydrogens is 390 g/mol. The number of H-pyrrole nitrogens is 1. The molecule has 1 N–H and O–H groups in total. The number of fused-ring (bicyclic) bond motifs is 2. The van der Waals surface area contributed by atoms with Gasteiger partial charge in [0.05, 0.1) is 32.4 Å². The van der Waals surface area contributed by atoms with E-state index in [-0.39, 0.29) is 0 Å². The minimum Gasteiger partial charge on any atom is -0.493 e. The monoisotopic (exact) mass is 413 g/mol. The van der Waals surface area contributed by atoms with Crippen LogP contribution in [-0.4, -0.2) is 35.9 Å². The number of nitrogens with one attached hydrogen (secondary N) is 1. The number of aryl methyl sites for hydroxylation is 1. The summed E-state index contributed by atoms with van der Waals surface area (Å²) in [5.74, 6) is 2.62. The van der Waals surface area contributed by atoms with Crippen molar-refractivity contribution in [3.8, 4) is 39.8 Å². The zero-order valence-electron chi connectivity index (χ0n) is 17.9. The molecule has 5 rings (SSSR count). The minimum atomic E-state index is 0.569. The number of ether oxygens (including phenoxy) is 3. The van der Waals surface area contributed by atoms with Crippen molar-refractivity contribution in [2.45, 2.75) is 0 Å². The molecule has 2 aromatic heterocycles. The minimum absolute atomic E-state index is 0.569. The van der Waals surface area contributed by atoms with Crippen molar-refractivity contribution in [1.82, 2.24) is 14.5 Å². The lowest BCUT2D eigenvalue weighted by Crippen LogP contribution is -1.96. The van der Waals surface area contributed by atoms with Gasteiger partial charge in [-0.2, -0.15) is 0 Å². The number of aromatic amines is 1. The molecule has 0 bridgehead atoms. The summed E-state index contributed by atoms with van der Waals surface area (Å²) in [7, 11) is 6.89. The first-order valence-corrected chi connectivity index (χ1v) is 9.97. The molecule has 0 amide bonds. The van der Waals surface area contributed by atoms with Crippen molar-refractivity contribution in [3.63, 3.8) is 0 Å². The lowest BCUT2D eigenvalue weighted by Gasteiger charge is -2.14. The van der Waals surface area contributed by atoms with Crippen LogP contribution in [0, 0.1) is 0 Å². The van der Waals surface area contributed by atoms with Gasteiger partial charge in [-0.15, -0.1) is 0 Å². The third-order valence-electron chi connectivity index (χ3n) is 5.65. The fraction of sp³-hybridized carbons (Fsp3) is 0.160. The zero-order valence-corrected chi connectivity index (χ0v) is 17.9. The molecule has 0 atom stereocenters. The Bertz CT molecular complexity index is 1390. The van der Waals surface area contributed by atoms with Crippen molar-refractivity contribution < 1.29 is 14.2 Å². The van der Waals surface area contributed by atoms with E-state index in [1.165, 1.54) is 10.9 Å². The molecule has 0 unspecified atom stereocenters. The van der Waals surface area contributed by atoms with Crippen LogP contribution in [0.15, 0.2) is 60.8 Å². The molecule has 31 heavy (non-hydrogen) atoms. The van der Waals surface area contributed by atoms with Crippen LogP contribution in [0.3, 0.4) is 0 Å². The lowest BCUT2D eigenvalue weighted by molar-refractivity contribution is 0.324. The largest absolute Gasteiger partial charge is 0.493 e. The molecule has 6 heteroatoms. The van der Waals surface area contributed by atoms with Crippen molar-refractivity contribution >= 4 is 21.9 Å². The number of para-hydroxylation sites is 1. The second-order valence-corrected chi connectivity index (χ2v) is 7.40. The highest BCUT2D eigenvalue weighted by Gasteiger charge is 2.17. The summed E-state index contributed by atoms with van der Waals surface area (Å²) in [5, 5.41) is 1.19. The first-order chi connectivity index (χ1) is 15.1. The molecule has 0 saturated carbocycles. The van der Waals surface area contributed by atoms with Gasteiger partial charge < -0.3 is 23.8 Å². The Labute approximate surface area is 180 Å². The number of nitrogens with zero attached hydrogens (tertiary/aromatic N) is 2. The Morgan fingerprint density at radius 1 is 0.839 bits per heavy atom. The third kappa shape index (κ3) is 3.08. The Balaban J connectivity index is 1.66. The van der Waals surface area contributed by atoms with Gasteiger partial charge in [-0.3, -0.25) is 0 Å². The average molecular weight is 413 g/mol. The molecule has 0 aliphatic carbocycles. The molecule has 0 spiro atoms. The van der Waals surface area contributed by atoms with Gasteiger partial charge >= 0.3 is 0 Å². The number of hydrogen-bond acceptors (Lipinski definition) is 4. The molecule has 0 fully saturated rings. The maximum absolute atomic E-state index is 5.54. The third-order valence-corrected chi connectivity index (χ3v) is 5.65. The highest BCUT2D eigenvalue weighted by atomic mass is 16.5. The van der Waals surface area contributed by atoms with E-state index in [1.807, 2.05) is 37.4 Å². The van der Waals surface area contributed by atoms with Crippen molar-refractivity contribution in [1.29, 1.82) is 0 Å². The molecule has 3 aromatic carbocycles. The normalized spacial score (nSPS) is 11.2. The number of aromatic nitrogens is 3. The summed E-state index contributed by atoms with van der Waals surface area (Å²) in [5.41, 5.74) is 6.02. The molecule has 0 saturated heterocycles. The molecule has 0 aliphatic heterocycles. The number of methoxy groups -OCH3 is 3. The van der Waals surface area contributed by atoms with Crippen LogP contribution in [-0.2, 0) is 7.05 Å².